The molecule has 1 aromatic carbocycles. The fourth-order valence-corrected chi connectivity index (χ4v) is 3.63. The Morgan fingerprint density at radius 3 is 2.29 bits per heavy atom. The summed E-state index contributed by atoms with van der Waals surface area (Å²) in [5.74, 6) is 0. The molecular weight excluding hydrogens is 283 g/mol. The Kier molecular flexibility index (Phi) is 7.66. The van der Waals surface area contributed by atoms with Crippen LogP contribution in [0.1, 0.15) is 33.3 Å². The van der Waals surface area contributed by atoms with Gasteiger partial charge in [0.1, 0.15) is 0 Å². The van der Waals surface area contributed by atoms with E-state index in [1.807, 2.05) is 76.3 Å². The van der Waals surface area contributed by atoms with Crippen molar-refractivity contribution >= 4 is 13.7 Å². The first-order valence-corrected chi connectivity index (χ1v) is 8.93. The van der Waals surface area contributed by atoms with E-state index in [1.54, 1.807) is 0 Å². The third-order valence-corrected chi connectivity index (χ3v) is 5.34. The van der Waals surface area contributed by atoms with Crippen molar-refractivity contribution in [2.75, 3.05) is 13.2 Å². The Hall–Kier alpha value is -1.15. The summed E-state index contributed by atoms with van der Waals surface area (Å²) in [4.78, 5) is 0. The molecule has 0 aliphatic carbocycles. The average molecular weight is 308 g/mol. The number of rotatable bonds is 8. The van der Waals surface area contributed by atoms with E-state index in [2.05, 4.69) is 0 Å². The van der Waals surface area contributed by atoms with Crippen molar-refractivity contribution in [3.8, 4) is 0 Å². The van der Waals surface area contributed by atoms with Gasteiger partial charge in [-0.2, -0.15) is 0 Å². The van der Waals surface area contributed by atoms with Gasteiger partial charge in [0.05, 0.1) is 18.9 Å². The molecule has 0 saturated heterocycles. The highest BCUT2D eigenvalue weighted by molar-refractivity contribution is 7.54. The first-order chi connectivity index (χ1) is 10.0. The van der Waals surface area contributed by atoms with Crippen LogP contribution in [0.5, 0.6) is 0 Å². The maximum atomic E-state index is 12.6. The highest BCUT2D eigenvalue weighted by Gasteiger charge is 2.30. The lowest BCUT2D eigenvalue weighted by Crippen LogP contribution is -2.07. The lowest BCUT2D eigenvalue weighted by molar-refractivity contribution is 0.216. The van der Waals surface area contributed by atoms with E-state index >= 15 is 0 Å². The second-order valence-electron chi connectivity index (χ2n) is 4.77. The van der Waals surface area contributed by atoms with Gasteiger partial charge in [0.2, 0.25) is 0 Å². The molecule has 0 amide bonds. The Balaban J connectivity index is 2.80. The van der Waals surface area contributed by atoms with Crippen molar-refractivity contribution in [2.45, 2.75) is 33.4 Å². The molecule has 21 heavy (non-hydrogen) atoms. The highest BCUT2D eigenvalue weighted by Crippen LogP contribution is 2.53. The van der Waals surface area contributed by atoms with Crippen LogP contribution in [0.4, 0.5) is 0 Å². The first kappa shape index (κ1) is 17.9. The molecular formula is C17H25O3P. The predicted molar refractivity (Wildman–Crippen MR) is 89.6 cm³/mol. The van der Waals surface area contributed by atoms with Gasteiger partial charge in [-0.05, 0) is 33.3 Å². The van der Waals surface area contributed by atoms with E-state index in [4.69, 9.17) is 9.05 Å². The molecule has 4 heteroatoms. The van der Waals surface area contributed by atoms with Gasteiger partial charge in [-0.3, -0.25) is 4.57 Å². The van der Waals surface area contributed by atoms with Crippen molar-refractivity contribution in [3.05, 3.63) is 53.6 Å². The van der Waals surface area contributed by atoms with Gasteiger partial charge in [0.25, 0.3) is 0 Å². The van der Waals surface area contributed by atoms with Crippen LogP contribution < -0.4 is 0 Å². The van der Waals surface area contributed by atoms with E-state index in [0.717, 1.165) is 11.1 Å². The summed E-state index contributed by atoms with van der Waals surface area (Å²) >= 11 is 0. The van der Waals surface area contributed by atoms with Crippen molar-refractivity contribution in [2.24, 2.45) is 0 Å². The lowest BCUT2D eigenvalue weighted by atomic mass is 10.1. The molecule has 1 atom stereocenters. The molecule has 0 fully saturated rings. The summed E-state index contributed by atoms with van der Waals surface area (Å²) in [6.07, 6.45) is 5.98. The Morgan fingerprint density at radius 2 is 1.76 bits per heavy atom. The van der Waals surface area contributed by atoms with Gasteiger partial charge < -0.3 is 9.05 Å². The number of hydrogen-bond acceptors (Lipinski definition) is 3. The van der Waals surface area contributed by atoms with E-state index < -0.39 is 7.60 Å². The van der Waals surface area contributed by atoms with Gasteiger partial charge in [-0.15, -0.1) is 0 Å². The minimum absolute atomic E-state index is 0.266. The fourth-order valence-electron chi connectivity index (χ4n) is 1.95. The molecule has 1 unspecified atom stereocenters. The van der Waals surface area contributed by atoms with Gasteiger partial charge >= 0.3 is 7.60 Å². The van der Waals surface area contributed by atoms with Crippen LogP contribution >= 0.6 is 7.60 Å². The zero-order chi connectivity index (χ0) is 15.7. The van der Waals surface area contributed by atoms with Gasteiger partial charge in [-0.25, -0.2) is 0 Å². The van der Waals surface area contributed by atoms with E-state index in [-0.39, 0.29) is 5.66 Å². The minimum atomic E-state index is -3.07. The molecule has 0 N–H and O–H groups in total. The maximum absolute atomic E-state index is 12.6. The van der Waals surface area contributed by atoms with E-state index in [9.17, 15) is 4.57 Å². The second-order valence-corrected chi connectivity index (χ2v) is 7.18. The van der Waals surface area contributed by atoms with Gasteiger partial charge in [-0.1, -0.05) is 54.1 Å². The summed E-state index contributed by atoms with van der Waals surface area (Å²) in [5, 5.41) is 0. The Morgan fingerprint density at radius 1 is 1.19 bits per heavy atom. The average Bonchev–Trinajstić information content (AvgIpc) is 2.46. The van der Waals surface area contributed by atoms with Crippen LogP contribution in [0.25, 0.3) is 6.08 Å². The normalized spacial score (nSPS) is 14.6. The highest BCUT2D eigenvalue weighted by atomic mass is 31.2. The smallest absolute Gasteiger partial charge is 0.308 e. The monoisotopic (exact) mass is 308 g/mol. The van der Waals surface area contributed by atoms with Gasteiger partial charge in [0, 0.05) is 0 Å². The topological polar surface area (TPSA) is 35.5 Å². The fraction of sp³-hybridized carbons (Fsp3) is 0.412. The van der Waals surface area contributed by atoms with Crippen molar-refractivity contribution in [1.29, 1.82) is 0 Å². The van der Waals surface area contributed by atoms with Crippen LogP contribution in [0.2, 0.25) is 0 Å². The first-order valence-electron chi connectivity index (χ1n) is 7.32. The predicted octanol–water partition coefficient (Wildman–Crippen LogP) is 5.30. The summed E-state index contributed by atoms with van der Waals surface area (Å²) in [7, 11) is -3.07. The second kappa shape index (κ2) is 8.99. The zero-order valence-corrected chi connectivity index (χ0v) is 14.2. The van der Waals surface area contributed by atoms with Crippen molar-refractivity contribution < 1.29 is 13.6 Å². The summed E-state index contributed by atoms with van der Waals surface area (Å²) < 4.78 is 23.3. The van der Waals surface area contributed by atoms with Crippen molar-refractivity contribution in [1.82, 2.24) is 0 Å². The molecule has 116 valence electrons. The Labute approximate surface area is 128 Å². The van der Waals surface area contributed by atoms with Crippen LogP contribution in [-0.4, -0.2) is 18.9 Å². The molecule has 0 radical (unpaired) electrons. The van der Waals surface area contributed by atoms with Gasteiger partial charge in [0.15, 0.2) is 0 Å². The van der Waals surface area contributed by atoms with Crippen molar-refractivity contribution in [3.63, 3.8) is 0 Å². The summed E-state index contributed by atoms with van der Waals surface area (Å²) in [6.45, 7) is 8.27. The third kappa shape index (κ3) is 6.01. The molecule has 0 aliphatic rings. The molecule has 0 spiro atoms. The molecule has 0 heterocycles. The van der Waals surface area contributed by atoms with Crippen LogP contribution in [0.3, 0.4) is 0 Å². The quantitative estimate of drug-likeness (QED) is 0.483. The van der Waals surface area contributed by atoms with Crippen LogP contribution in [-0.2, 0) is 13.6 Å². The number of hydrogen-bond donors (Lipinski definition) is 0. The minimum Gasteiger partial charge on any atom is -0.308 e. The van der Waals surface area contributed by atoms with Crippen LogP contribution in [0.15, 0.2) is 48.1 Å². The summed E-state index contributed by atoms with van der Waals surface area (Å²) in [6, 6.07) is 10.1. The summed E-state index contributed by atoms with van der Waals surface area (Å²) in [5.41, 5.74) is 1.90. The third-order valence-electron chi connectivity index (χ3n) is 2.96. The maximum Gasteiger partial charge on any atom is 0.337 e. The largest absolute Gasteiger partial charge is 0.337 e. The lowest BCUT2D eigenvalue weighted by Gasteiger charge is -2.21. The number of allylic oxidation sites excluding steroid dienone is 3. The number of benzene rings is 1. The van der Waals surface area contributed by atoms with E-state index in [0.29, 0.717) is 13.2 Å². The molecule has 1 rings (SSSR count). The molecule has 0 aromatic heterocycles. The van der Waals surface area contributed by atoms with E-state index in [1.165, 1.54) is 0 Å². The zero-order valence-electron chi connectivity index (χ0n) is 13.3. The molecule has 0 aliphatic heterocycles. The Bertz CT molecular complexity index is 510. The standard InChI is InChI=1S/C17H25O3P/c1-5-19-21(18,20-6-2)16(4)14-15(3)12-13-17-10-8-7-9-11-17/h7-14,16H,5-6H2,1-4H3. The molecule has 3 nitrogen and oxygen atoms in total. The molecule has 1 aromatic rings. The molecule has 0 saturated carbocycles. The molecule has 0 bridgehead atoms. The SMILES string of the molecule is CCOP(=O)(OCC)C(C)C=C(C)C=Cc1ccccc1. The van der Waals surface area contributed by atoms with Crippen LogP contribution in [0, 0.1) is 0 Å².